The molecule has 1 aliphatic rings. The summed E-state index contributed by atoms with van der Waals surface area (Å²) in [6, 6.07) is 1.55. The minimum Gasteiger partial charge on any atom is -0.370 e. The van der Waals surface area contributed by atoms with Crippen LogP contribution in [-0.2, 0) is 11.3 Å². The number of hydrogen-bond donors (Lipinski definition) is 2. The van der Waals surface area contributed by atoms with E-state index in [2.05, 4.69) is 15.3 Å². The highest BCUT2D eigenvalue weighted by Gasteiger charge is 2.27. The number of rotatable bonds is 6. The summed E-state index contributed by atoms with van der Waals surface area (Å²) in [6.07, 6.45) is 6.03. The molecule has 0 saturated heterocycles. The summed E-state index contributed by atoms with van der Waals surface area (Å²) in [5, 5.41) is 3.03. The molecule has 0 aliphatic heterocycles. The zero-order chi connectivity index (χ0) is 14.4. The van der Waals surface area contributed by atoms with Crippen molar-refractivity contribution < 1.29 is 4.74 Å². The highest BCUT2D eigenvalue weighted by atomic mass is 16.5. The van der Waals surface area contributed by atoms with Crippen LogP contribution < -0.4 is 10.9 Å². The van der Waals surface area contributed by atoms with Gasteiger partial charge in [-0.15, -0.1) is 0 Å². The van der Waals surface area contributed by atoms with Gasteiger partial charge in [-0.3, -0.25) is 4.79 Å². The van der Waals surface area contributed by atoms with E-state index in [4.69, 9.17) is 4.74 Å². The van der Waals surface area contributed by atoms with E-state index in [0.717, 1.165) is 18.5 Å². The predicted molar refractivity (Wildman–Crippen MR) is 78.6 cm³/mol. The average Bonchev–Trinajstić information content (AvgIpc) is 2.45. The molecule has 0 amide bonds. The molecule has 0 spiro atoms. The molecule has 1 unspecified atom stereocenters. The second-order valence-electron chi connectivity index (χ2n) is 5.43. The standard InChI is InChI=1S/C15H25N3O2/c1-3-20-14(11-7-5-4-6-8-11)15-17-12(10-16-2)9-13(19)18-15/h9,11,14,16H,3-8,10H2,1-2H3,(H,17,18,19). The Kier molecular flexibility index (Phi) is 5.73. The summed E-state index contributed by atoms with van der Waals surface area (Å²) in [7, 11) is 1.85. The Hall–Kier alpha value is -1.20. The van der Waals surface area contributed by atoms with Crippen LogP contribution in [0, 0.1) is 5.92 Å². The molecule has 0 aromatic carbocycles. The van der Waals surface area contributed by atoms with Gasteiger partial charge in [0.1, 0.15) is 11.9 Å². The Morgan fingerprint density at radius 1 is 1.45 bits per heavy atom. The van der Waals surface area contributed by atoms with E-state index >= 15 is 0 Å². The largest absolute Gasteiger partial charge is 0.370 e. The summed E-state index contributed by atoms with van der Waals surface area (Å²) in [6.45, 7) is 3.23. The first-order valence-corrected chi connectivity index (χ1v) is 7.61. The Labute approximate surface area is 120 Å². The molecule has 112 valence electrons. The lowest BCUT2D eigenvalue weighted by molar-refractivity contribution is -0.000485. The maximum absolute atomic E-state index is 11.8. The number of aromatic nitrogens is 2. The van der Waals surface area contributed by atoms with Crippen LogP contribution in [0.3, 0.4) is 0 Å². The lowest BCUT2D eigenvalue weighted by atomic mass is 9.85. The summed E-state index contributed by atoms with van der Waals surface area (Å²) >= 11 is 0. The zero-order valence-electron chi connectivity index (χ0n) is 12.4. The number of H-pyrrole nitrogens is 1. The van der Waals surface area contributed by atoms with E-state index in [-0.39, 0.29) is 11.7 Å². The third-order valence-electron chi connectivity index (χ3n) is 3.86. The summed E-state index contributed by atoms with van der Waals surface area (Å²) < 4.78 is 5.90. The first-order chi connectivity index (χ1) is 9.74. The molecule has 2 N–H and O–H groups in total. The van der Waals surface area contributed by atoms with Crippen LogP contribution in [0.4, 0.5) is 0 Å². The zero-order valence-corrected chi connectivity index (χ0v) is 12.4. The van der Waals surface area contributed by atoms with Gasteiger partial charge < -0.3 is 15.0 Å². The van der Waals surface area contributed by atoms with Crippen LogP contribution in [0.25, 0.3) is 0 Å². The quantitative estimate of drug-likeness (QED) is 0.837. The summed E-state index contributed by atoms with van der Waals surface area (Å²) in [4.78, 5) is 19.2. The van der Waals surface area contributed by atoms with Crippen LogP contribution in [0.2, 0.25) is 0 Å². The molecule has 1 aliphatic carbocycles. The fourth-order valence-electron chi connectivity index (χ4n) is 2.99. The average molecular weight is 279 g/mol. The van der Waals surface area contributed by atoms with Crippen molar-refractivity contribution in [1.82, 2.24) is 15.3 Å². The van der Waals surface area contributed by atoms with Gasteiger partial charge in [-0.1, -0.05) is 19.3 Å². The van der Waals surface area contributed by atoms with Gasteiger partial charge in [0.25, 0.3) is 5.56 Å². The Morgan fingerprint density at radius 3 is 2.85 bits per heavy atom. The Bertz CT molecular complexity index is 466. The molecule has 20 heavy (non-hydrogen) atoms. The molecular weight excluding hydrogens is 254 g/mol. The highest BCUT2D eigenvalue weighted by Crippen LogP contribution is 2.35. The third kappa shape index (κ3) is 3.90. The van der Waals surface area contributed by atoms with Crippen LogP contribution in [-0.4, -0.2) is 23.6 Å². The maximum atomic E-state index is 11.8. The first kappa shape index (κ1) is 15.2. The van der Waals surface area contributed by atoms with Crippen molar-refractivity contribution in [2.75, 3.05) is 13.7 Å². The molecule has 5 nitrogen and oxygen atoms in total. The van der Waals surface area contributed by atoms with Crippen LogP contribution in [0.1, 0.15) is 56.7 Å². The lowest BCUT2D eigenvalue weighted by Gasteiger charge is -2.29. The Morgan fingerprint density at radius 2 is 2.20 bits per heavy atom. The molecule has 1 aromatic heterocycles. The van der Waals surface area contributed by atoms with Gasteiger partial charge in [0.2, 0.25) is 0 Å². The summed E-state index contributed by atoms with van der Waals surface area (Å²) in [5.74, 6) is 1.16. The van der Waals surface area contributed by atoms with E-state index < -0.39 is 0 Å². The molecule has 0 radical (unpaired) electrons. The fourth-order valence-corrected chi connectivity index (χ4v) is 2.99. The van der Waals surface area contributed by atoms with Gasteiger partial charge in [0.15, 0.2) is 0 Å². The van der Waals surface area contributed by atoms with E-state index in [1.165, 1.54) is 19.3 Å². The molecule has 1 aromatic rings. The summed E-state index contributed by atoms with van der Waals surface area (Å²) in [5.41, 5.74) is 0.674. The number of aromatic amines is 1. The smallest absolute Gasteiger partial charge is 0.251 e. The molecule has 1 atom stereocenters. The molecule has 2 rings (SSSR count). The molecule has 1 saturated carbocycles. The van der Waals surface area contributed by atoms with Crippen molar-refractivity contribution in [2.24, 2.45) is 5.92 Å². The topological polar surface area (TPSA) is 67.0 Å². The number of ether oxygens (including phenoxy) is 1. The van der Waals surface area contributed by atoms with Gasteiger partial charge in [0.05, 0.1) is 5.69 Å². The normalized spacial score (nSPS) is 18.1. The Balaban J connectivity index is 2.25. The van der Waals surface area contributed by atoms with Gasteiger partial charge in [-0.25, -0.2) is 4.98 Å². The molecule has 5 heteroatoms. The van der Waals surface area contributed by atoms with E-state index in [1.807, 2.05) is 14.0 Å². The van der Waals surface area contributed by atoms with Crippen LogP contribution in [0.5, 0.6) is 0 Å². The SMILES string of the molecule is CCOC(c1nc(CNC)cc(=O)[nH]1)C1CCCCC1. The second-order valence-corrected chi connectivity index (χ2v) is 5.43. The minimum atomic E-state index is -0.0965. The molecule has 0 bridgehead atoms. The number of nitrogens with one attached hydrogen (secondary N) is 2. The molecule has 1 heterocycles. The second kappa shape index (κ2) is 7.55. The molecule has 1 fully saturated rings. The predicted octanol–water partition coefficient (Wildman–Crippen LogP) is 2.15. The van der Waals surface area contributed by atoms with Crippen molar-refractivity contribution in [2.45, 2.75) is 51.7 Å². The third-order valence-corrected chi connectivity index (χ3v) is 3.86. The van der Waals surface area contributed by atoms with Gasteiger partial charge in [-0.05, 0) is 32.7 Å². The number of nitrogens with zero attached hydrogens (tertiary/aromatic N) is 1. The van der Waals surface area contributed by atoms with Crippen molar-refractivity contribution >= 4 is 0 Å². The van der Waals surface area contributed by atoms with Crippen molar-refractivity contribution in [3.63, 3.8) is 0 Å². The van der Waals surface area contributed by atoms with Crippen molar-refractivity contribution in [1.29, 1.82) is 0 Å². The minimum absolute atomic E-state index is 0.0789. The fraction of sp³-hybridized carbons (Fsp3) is 0.733. The number of hydrogen-bond acceptors (Lipinski definition) is 4. The van der Waals surface area contributed by atoms with Crippen molar-refractivity contribution in [3.8, 4) is 0 Å². The lowest BCUT2D eigenvalue weighted by Crippen LogP contribution is -2.25. The van der Waals surface area contributed by atoms with Crippen LogP contribution in [0.15, 0.2) is 10.9 Å². The van der Waals surface area contributed by atoms with Gasteiger partial charge in [-0.2, -0.15) is 0 Å². The van der Waals surface area contributed by atoms with E-state index in [1.54, 1.807) is 6.07 Å². The van der Waals surface area contributed by atoms with Gasteiger partial charge >= 0.3 is 0 Å². The first-order valence-electron chi connectivity index (χ1n) is 7.61. The van der Waals surface area contributed by atoms with E-state index in [0.29, 0.717) is 24.9 Å². The highest BCUT2D eigenvalue weighted by molar-refractivity contribution is 5.05. The monoisotopic (exact) mass is 279 g/mol. The molecular formula is C15H25N3O2. The van der Waals surface area contributed by atoms with E-state index in [9.17, 15) is 4.79 Å². The van der Waals surface area contributed by atoms with Gasteiger partial charge in [0, 0.05) is 19.2 Å². The van der Waals surface area contributed by atoms with Crippen LogP contribution >= 0.6 is 0 Å². The van der Waals surface area contributed by atoms with Crippen molar-refractivity contribution in [3.05, 3.63) is 27.9 Å². The maximum Gasteiger partial charge on any atom is 0.251 e.